The van der Waals surface area contributed by atoms with Crippen molar-refractivity contribution < 1.29 is 112 Å². The van der Waals surface area contributed by atoms with Crippen LogP contribution in [-0.2, 0) is 31.1 Å². The fourth-order valence-electron chi connectivity index (χ4n) is 0.860. The summed E-state index contributed by atoms with van der Waals surface area (Å²) in [6.07, 6.45) is 1.63. The molecule has 0 atom stereocenters. The molecule has 10 heteroatoms. The number of rotatable bonds is 2. The Hall–Kier alpha value is 3.50. The molecule has 18 heavy (non-hydrogen) atoms. The molecule has 0 saturated carbocycles. The van der Waals surface area contributed by atoms with Crippen LogP contribution in [-0.4, -0.2) is 16.2 Å². The Kier molecular flexibility index (Phi) is 16.3. The molecule has 0 saturated heterocycles. The van der Waals surface area contributed by atoms with Crippen molar-refractivity contribution in [3.63, 3.8) is 0 Å². The second-order valence-electron chi connectivity index (χ2n) is 2.58. The summed E-state index contributed by atoms with van der Waals surface area (Å²) in [5, 5.41) is 0. The maximum atomic E-state index is 11.9. The number of hydrogen-bond donors (Lipinski definition) is 0. The van der Waals surface area contributed by atoms with Crippen LogP contribution in [0.15, 0.2) is 29.2 Å². The number of sulfone groups is 1. The Labute approximate surface area is 208 Å². The Morgan fingerprint density at radius 1 is 1.11 bits per heavy atom. The summed E-state index contributed by atoms with van der Waals surface area (Å²) in [5.41, 5.74) is 0.188. The summed E-state index contributed by atoms with van der Waals surface area (Å²) in [5.74, 6) is 0. The Morgan fingerprint density at radius 3 is 2.00 bits per heavy atom. The van der Waals surface area contributed by atoms with Gasteiger partial charge in [0.05, 0.1) is 6.29 Å². The first-order chi connectivity index (χ1) is 6.79. The monoisotopic (exact) mass is 756 g/mol. The van der Waals surface area contributed by atoms with Crippen LogP contribution in [0.4, 0.5) is 0 Å². The van der Waals surface area contributed by atoms with E-state index in [9.17, 15) is 13.2 Å². The first kappa shape index (κ1) is 26.4. The molecule has 0 aliphatic carbocycles. The van der Waals surface area contributed by atoms with E-state index in [0.717, 1.165) is 0 Å². The average Bonchev–Trinajstić information content (AvgIpc) is 2.16. The van der Waals surface area contributed by atoms with Crippen LogP contribution in [0.25, 0.3) is 0 Å². The first-order valence-electron chi connectivity index (χ1n) is 3.58. The Morgan fingerprint density at radius 2 is 1.61 bits per heavy atom. The third-order valence-corrected chi connectivity index (χ3v) is 6.89. The third-order valence-electron chi connectivity index (χ3n) is 1.57. The third kappa shape index (κ3) is 7.17. The number of halogens is 3. The van der Waals surface area contributed by atoms with Gasteiger partial charge in [-0.2, -0.15) is 6.07 Å². The van der Waals surface area contributed by atoms with Gasteiger partial charge in [0.2, 0.25) is 11.3 Å². The molecule has 0 N–H and O–H groups in total. The predicted octanol–water partition coefficient (Wildman–Crippen LogP) is 2.71. The molecule has 3 nitrogen and oxygen atoms in total. The number of benzene rings is 1. The van der Waals surface area contributed by atoms with Crippen LogP contribution in [0.2, 0.25) is 0 Å². The van der Waals surface area contributed by atoms with E-state index < -0.39 is 11.3 Å². The summed E-state index contributed by atoms with van der Waals surface area (Å²) in [6.45, 7) is 0. The van der Waals surface area contributed by atoms with E-state index in [1.54, 1.807) is 6.29 Å². The molecule has 0 amide bonds. The van der Waals surface area contributed by atoms with Crippen molar-refractivity contribution >= 4 is 63.9 Å². The van der Waals surface area contributed by atoms with Crippen LogP contribution in [0.5, 0.6) is 0 Å². The molecule has 1 aromatic carbocycles. The standard InChI is InChI=1S/C8H4Br3O3S.Ni.2Pr/c9-8(10,11)15(13,14)7-3-1-2-6(4-7)5-12;;;/h1-4H;;;/q-1;;;. The first-order valence-corrected chi connectivity index (χ1v) is 7.45. The molecule has 0 aliphatic rings. The van der Waals surface area contributed by atoms with Crippen LogP contribution in [0.1, 0.15) is 5.56 Å². The zero-order valence-electron chi connectivity index (χ0n) is 8.55. The Bertz CT molecular complexity index is 491. The summed E-state index contributed by atoms with van der Waals surface area (Å²) in [7, 11) is -3.64. The topological polar surface area (TPSA) is 51.2 Å². The van der Waals surface area contributed by atoms with Gasteiger partial charge in [-0.1, -0.05) is 6.07 Å². The van der Waals surface area contributed by atoms with Gasteiger partial charge in [0.1, 0.15) is 0 Å². The van der Waals surface area contributed by atoms with Gasteiger partial charge < -0.3 is 4.79 Å². The number of carbonyl (C=O) groups excluding carboxylic acids is 1. The summed E-state index contributed by atoms with van der Waals surface area (Å²) < 4.78 is 22.3. The molecule has 0 unspecified atom stereocenters. The minimum Gasteiger partial charge on any atom is -0.376 e. The van der Waals surface area contributed by atoms with Gasteiger partial charge in [0, 0.05) is 104 Å². The smallest absolute Gasteiger partial charge is 0.238 e. The van der Waals surface area contributed by atoms with Gasteiger partial charge in [-0.05, 0) is 47.8 Å². The SMILES string of the molecule is O=[C-]c1cccc(S(=O)(=O)C(Br)(Br)Br)c1.[Ni].[Pr].[Pr]. The molecule has 1 aromatic rings. The van der Waals surface area contributed by atoms with E-state index in [-0.39, 0.29) is 110 Å². The van der Waals surface area contributed by atoms with E-state index >= 15 is 0 Å². The molecule has 2 radical (unpaired) electrons. The number of hydrogen-bond acceptors (Lipinski definition) is 3. The van der Waals surface area contributed by atoms with E-state index in [1.165, 1.54) is 24.3 Å². The minimum atomic E-state index is -3.64. The van der Waals surface area contributed by atoms with E-state index in [2.05, 4.69) is 47.8 Å². The van der Waals surface area contributed by atoms with Gasteiger partial charge in [-0.3, -0.25) is 0 Å². The largest absolute Gasteiger partial charge is 0.376 e. The summed E-state index contributed by atoms with van der Waals surface area (Å²) in [4.78, 5) is 10.4. The van der Waals surface area contributed by atoms with Crippen molar-refractivity contribution in [3.8, 4) is 0 Å². The maximum Gasteiger partial charge on any atom is 0.238 e. The van der Waals surface area contributed by atoms with Crippen LogP contribution >= 0.6 is 47.8 Å². The normalized spacial score (nSPS) is 10.4. The van der Waals surface area contributed by atoms with E-state index in [4.69, 9.17) is 0 Å². The van der Waals surface area contributed by atoms with Gasteiger partial charge in [0.25, 0.3) is 0 Å². The van der Waals surface area contributed by atoms with Crippen molar-refractivity contribution in [2.75, 3.05) is 0 Å². The molecule has 0 bridgehead atoms. The second kappa shape index (κ2) is 11.1. The molecule has 0 fully saturated rings. The Balaban J connectivity index is -0.000000750. The van der Waals surface area contributed by atoms with E-state index in [1.807, 2.05) is 0 Å². The zero-order valence-corrected chi connectivity index (χ0v) is 22.5. The fourth-order valence-corrected chi connectivity index (χ4v) is 3.35. The van der Waals surface area contributed by atoms with Gasteiger partial charge in [0.15, 0.2) is 0 Å². The van der Waals surface area contributed by atoms with Gasteiger partial charge in [-0.15, -0.1) is 17.7 Å². The van der Waals surface area contributed by atoms with Crippen molar-refractivity contribution in [1.82, 2.24) is 0 Å². The summed E-state index contributed by atoms with van der Waals surface area (Å²) >= 11 is 8.79. The van der Waals surface area contributed by atoms with Crippen LogP contribution in [0.3, 0.4) is 0 Å². The molecule has 98 valence electrons. The molecule has 0 heterocycles. The molecular weight excluding hydrogens is 756 g/mol. The van der Waals surface area contributed by atoms with Crippen molar-refractivity contribution in [2.24, 2.45) is 0 Å². The average molecular weight is 760 g/mol. The molecule has 0 aliphatic heterocycles. The van der Waals surface area contributed by atoms with Gasteiger partial charge >= 0.3 is 0 Å². The molecule has 0 spiro atoms. The minimum absolute atomic E-state index is 0. The van der Waals surface area contributed by atoms with Crippen molar-refractivity contribution in [2.45, 2.75) is 6.37 Å². The van der Waals surface area contributed by atoms with Crippen LogP contribution in [0, 0.1) is 82.6 Å². The zero-order chi connectivity index (χ0) is 11.7. The fraction of sp³-hybridized carbons (Fsp3) is 0.125. The molecule has 1 rings (SSSR count). The second-order valence-corrected chi connectivity index (χ2v) is 13.0. The predicted molar refractivity (Wildman–Crippen MR) is 67.9 cm³/mol. The van der Waals surface area contributed by atoms with Crippen molar-refractivity contribution in [1.29, 1.82) is 0 Å². The summed E-state index contributed by atoms with van der Waals surface area (Å²) in [6, 6.07) is 5.60. The molecular formula is C8H4Br3NiO3Pr2S-. The number of alkyl halides is 3. The molecule has 0 aromatic heterocycles. The maximum absolute atomic E-state index is 11.9. The van der Waals surface area contributed by atoms with E-state index in [0.29, 0.717) is 0 Å². The van der Waals surface area contributed by atoms with Crippen LogP contribution < -0.4 is 0 Å². The van der Waals surface area contributed by atoms with Crippen molar-refractivity contribution in [3.05, 3.63) is 29.8 Å². The van der Waals surface area contributed by atoms with Gasteiger partial charge in [-0.25, -0.2) is 8.42 Å². The quantitative estimate of drug-likeness (QED) is 0.265.